The summed E-state index contributed by atoms with van der Waals surface area (Å²) in [6.07, 6.45) is 9.34. The van der Waals surface area contributed by atoms with Crippen molar-refractivity contribution in [1.29, 1.82) is 0 Å². The molecule has 0 aliphatic heterocycles. The zero-order chi connectivity index (χ0) is 19.3. The quantitative estimate of drug-likeness (QED) is 0.494. The molecule has 0 unspecified atom stereocenters. The van der Waals surface area contributed by atoms with Crippen LogP contribution in [0.3, 0.4) is 0 Å². The van der Waals surface area contributed by atoms with Gasteiger partial charge in [0.2, 0.25) is 0 Å². The van der Waals surface area contributed by atoms with Crippen molar-refractivity contribution in [2.24, 2.45) is 0 Å². The summed E-state index contributed by atoms with van der Waals surface area (Å²) in [5.41, 5.74) is 2.09. The first-order valence-electron chi connectivity index (χ1n) is 9.32. The summed E-state index contributed by atoms with van der Waals surface area (Å²) in [6.45, 7) is 3.24. The van der Waals surface area contributed by atoms with Crippen LogP contribution in [0, 0.1) is 0 Å². The standard InChI is InChI=1S/C20H22N8/c1-3-4-13-26(2)17-9-7-16(8-10-17)18-23-19(27-14-5-11-21-27)25-20(24-18)28-15-6-12-22-28/h5-12,14-15H,3-4,13H2,1-2H3. The van der Waals surface area contributed by atoms with Gasteiger partial charge in [0.1, 0.15) is 0 Å². The van der Waals surface area contributed by atoms with Gasteiger partial charge in [-0.3, -0.25) is 0 Å². The molecule has 0 aliphatic rings. The summed E-state index contributed by atoms with van der Waals surface area (Å²) < 4.78 is 3.23. The summed E-state index contributed by atoms with van der Waals surface area (Å²) in [5.74, 6) is 1.48. The molecule has 0 fully saturated rings. The maximum absolute atomic E-state index is 4.60. The third kappa shape index (κ3) is 3.75. The lowest BCUT2D eigenvalue weighted by molar-refractivity contribution is 0.747. The Morgan fingerprint density at radius 2 is 1.46 bits per heavy atom. The topological polar surface area (TPSA) is 77.5 Å². The first-order chi connectivity index (χ1) is 13.7. The molecule has 0 radical (unpaired) electrons. The molecule has 3 heterocycles. The number of hydrogen-bond donors (Lipinski definition) is 0. The monoisotopic (exact) mass is 374 g/mol. The maximum Gasteiger partial charge on any atom is 0.255 e. The Kier molecular flexibility index (Phi) is 5.09. The Hall–Kier alpha value is -3.55. The van der Waals surface area contributed by atoms with Crippen molar-refractivity contribution >= 4 is 5.69 Å². The van der Waals surface area contributed by atoms with Crippen molar-refractivity contribution < 1.29 is 0 Å². The van der Waals surface area contributed by atoms with E-state index in [0.717, 1.165) is 12.1 Å². The predicted molar refractivity (Wildman–Crippen MR) is 108 cm³/mol. The molecule has 8 nitrogen and oxygen atoms in total. The smallest absolute Gasteiger partial charge is 0.255 e. The SMILES string of the molecule is CCCCN(C)c1ccc(-c2nc(-n3cccn3)nc(-n3cccn3)n2)cc1. The van der Waals surface area contributed by atoms with Gasteiger partial charge in [-0.25, -0.2) is 9.36 Å². The molecule has 1 aromatic carbocycles. The molecule has 4 aromatic rings. The maximum atomic E-state index is 4.60. The molecule has 0 spiro atoms. The molecule has 0 saturated heterocycles. The van der Waals surface area contributed by atoms with Crippen molar-refractivity contribution in [3.05, 3.63) is 61.2 Å². The number of aromatic nitrogens is 7. The summed E-state index contributed by atoms with van der Waals surface area (Å²) in [5, 5.41) is 8.47. The molecule has 0 amide bonds. The van der Waals surface area contributed by atoms with Crippen LogP contribution in [0.1, 0.15) is 19.8 Å². The lowest BCUT2D eigenvalue weighted by Gasteiger charge is -2.19. The van der Waals surface area contributed by atoms with E-state index in [9.17, 15) is 0 Å². The van der Waals surface area contributed by atoms with E-state index in [-0.39, 0.29) is 0 Å². The minimum Gasteiger partial charge on any atom is -0.375 e. The fourth-order valence-electron chi connectivity index (χ4n) is 2.85. The first-order valence-corrected chi connectivity index (χ1v) is 9.32. The summed E-state index contributed by atoms with van der Waals surface area (Å²) in [4.78, 5) is 16.0. The molecule has 4 rings (SSSR count). The van der Waals surface area contributed by atoms with Gasteiger partial charge in [-0.05, 0) is 42.8 Å². The highest BCUT2D eigenvalue weighted by Gasteiger charge is 2.12. The molecule has 28 heavy (non-hydrogen) atoms. The molecular weight excluding hydrogens is 352 g/mol. The van der Waals surface area contributed by atoms with Crippen LogP contribution in [0.15, 0.2) is 61.2 Å². The molecule has 142 valence electrons. The van der Waals surface area contributed by atoms with Gasteiger partial charge in [0.25, 0.3) is 11.9 Å². The van der Waals surface area contributed by atoms with Gasteiger partial charge in [-0.1, -0.05) is 13.3 Å². The number of hydrogen-bond acceptors (Lipinski definition) is 6. The van der Waals surface area contributed by atoms with Crippen LogP contribution < -0.4 is 4.90 Å². The van der Waals surface area contributed by atoms with Gasteiger partial charge < -0.3 is 4.90 Å². The highest BCUT2D eigenvalue weighted by Crippen LogP contribution is 2.21. The average molecular weight is 374 g/mol. The second kappa shape index (κ2) is 7.99. The summed E-state index contributed by atoms with van der Waals surface area (Å²) in [7, 11) is 2.11. The zero-order valence-corrected chi connectivity index (χ0v) is 16.0. The Bertz CT molecular complexity index is 955. The van der Waals surface area contributed by atoms with E-state index in [1.807, 2.05) is 24.3 Å². The second-order valence-corrected chi connectivity index (χ2v) is 6.48. The summed E-state index contributed by atoms with van der Waals surface area (Å²) >= 11 is 0. The van der Waals surface area contributed by atoms with E-state index in [0.29, 0.717) is 17.7 Å². The van der Waals surface area contributed by atoms with E-state index in [4.69, 9.17) is 0 Å². The van der Waals surface area contributed by atoms with Crippen LogP contribution in [0.4, 0.5) is 5.69 Å². The van der Waals surface area contributed by atoms with Crippen LogP contribution in [0.5, 0.6) is 0 Å². The molecule has 0 bridgehead atoms. The molecule has 0 aliphatic carbocycles. The minimum atomic E-state index is 0.449. The zero-order valence-electron chi connectivity index (χ0n) is 16.0. The number of nitrogens with zero attached hydrogens (tertiary/aromatic N) is 8. The normalized spacial score (nSPS) is 10.9. The van der Waals surface area contributed by atoms with E-state index in [1.165, 1.54) is 18.5 Å². The van der Waals surface area contributed by atoms with Crippen LogP contribution in [0.25, 0.3) is 23.3 Å². The third-order valence-corrected chi connectivity index (χ3v) is 4.44. The van der Waals surface area contributed by atoms with Gasteiger partial charge in [-0.15, -0.1) is 0 Å². The van der Waals surface area contributed by atoms with E-state index in [2.05, 4.69) is 56.2 Å². The van der Waals surface area contributed by atoms with Crippen LogP contribution >= 0.6 is 0 Å². The largest absolute Gasteiger partial charge is 0.375 e. The molecular formula is C20H22N8. The van der Waals surface area contributed by atoms with E-state index < -0.39 is 0 Å². The van der Waals surface area contributed by atoms with Crippen molar-refractivity contribution in [3.8, 4) is 23.3 Å². The van der Waals surface area contributed by atoms with Crippen LogP contribution in [0.2, 0.25) is 0 Å². The average Bonchev–Trinajstić information content (AvgIpc) is 3.46. The van der Waals surface area contributed by atoms with Gasteiger partial charge in [0, 0.05) is 49.6 Å². The van der Waals surface area contributed by atoms with Crippen molar-refractivity contribution in [1.82, 2.24) is 34.5 Å². The Morgan fingerprint density at radius 1 is 0.857 bits per heavy atom. The Morgan fingerprint density at radius 3 is 1.96 bits per heavy atom. The fourth-order valence-corrected chi connectivity index (χ4v) is 2.85. The highest BCUT2D eigenvalue weighted by molar-refractivity contribution is 5.61. The minimum absolute atomic E-state index is 0.449. The highest BCUT2D eigenvalue weighted by atomic mass is 15.4. The fraction of sp³-hybridized carbons (Fsp3) is 0.250. The number of rotatable bonds is 7. The molecule has 3 aromatic heterocycles. The lowest BCUT2D eigenvalue weighted by Crippen LogP contribution is -2.18. The van der Waals surface area contributed by atoms with Gasteiger partial charge in [0.05, 0.1) is 0 Å². The Labute approximate surface area is 163 Å². The van der Waals surface area contributed by atoms with Crippen LogP contribution in [-0.2, 0) is 0 Å². The molecule has 8 heteroatoms. The van der Waals surface area contributed by atoms with Crippen LogP contribution in [-0.4, -0.2) is 48.1 Å². The lowest BCUT2D eigenvalue weighted by atomic mass is 10.2. The predicted octanol–water partition coefficient (Wildman–Crippen LogP) is 3.15. The number of unbranched alkanes of at least 4 members (excludes halogenated alkanes) is 1. The van der Waals surface area contributed by atoms with E-state index >= 15 is 0 Å². The molecule has 0 atom stereocenters. The van der Waals surface area contributed by atoms with Gasteiger partial charge in [-0.2, -0.15) is 25.1 Å². The second-order valence-electron chi connectivity index (χ2n) is 6.48. The van der Waals surface area contributed by atoms with Crippen molar-refractivity contribution in [2.45, 2.75) is 19.8 Å². The molecule has 0 saturated carbocycles. The van der Waals surface area contributed by atoms with Gasteiger partial charge in [0.15, 0.2) is 5.82 Å². The van der Waals surface area contributed by atoms with E-state index in [1.54, 1.807) is 34.2 Å². The third-order valence-electron chi connectivity index (χ3n) is 4.44. The van der Waals surface area contributed by atoms with Gasteiger partial charge >= 0.3 is 0 Å². The van der Waals surface area contributed by atoms with Crippen molar-refractivity contribution in [3.63, 3.8) is 0 Å². The first kappa shape index (κ1) is 17.8. The van der Waals surface area contributed by atoms with Crippen molar-refractivity contribution in [2.75, 3.05) is 18.5 Å². The Balaban J connectivity index is 1.70. The summed E-state index contributed by atoms with van der Waals surface area (Å²) in [6, 6.07) is 11.9. The number of anilines is 1. The molecule has 0 N–H and O–H groups in total. The number of benzene rings is 1.